The van der Waals surface area contributed by atoms with Gasteiger partial charge in [-0.05, 0) is 73.6 Å². The van der Waals surface area contributed by atoms with Gasteiger partial charge in [0.15, 0.2) is 0 Å². The van der Waals surface area contributed by atoms with Crippen molar-refractivity contribution in [1.29, 1.82) is 0 Å². The van der Waals surface area contributed by atoms with Crippen LogP contribution in [0, 0.1) is 23.2 Å². The Morgan fingerprint density at radius 3 is 2.65 bits per heavy atom. The van der Waals surface area contributed by atoms with Crippen molar-refractivity contribution in [3.05, 3.63) is 42.2 Å². The van der Waals surface area contributed by atoms with Gasteiger partial charge >= 0.3 is 7.12 Å². The van der Waals surface area contributed by atoms with Gasteiger partial charge in [0, 0.05) is 18.0 Å². The van der Waals surface area contributed by atoms with Gasteiger partial charge < -0.3 is 29.5 Å². The minimum Gasteiger partial charge on any atom is -0.404 e. The standard InChI is InChI=1S/C37H51BN4O6/c1-23(2)17-31(38-46-30-19-25-18-29(35(25,3)4)36(30,5)47-38)41-34(44)37(22-45-27-12-7-6-8-13-27)20-26(42-48-37)21-40-33(43)32-28-14-10-9-11-24(28)15-16-39-32/h9-11,14-16,23,25,27,29-31H,6-8,12-13,17-22H2,1-5H3,(H,40,43)(H,41,44)/t25-,29-,30+,31-,36-,37?/m0/s1. The van der Waals surface area contributed by atoms with Crippen LogP contribution in [-0.4, -0.2) is 72.1 Å². The number of hydrogen-bond donors (Lipinski definition) is 2. The second kappa shape index (κ2) is 13.0. The molecule has 1 unspecified atom stereocenters. The van der Waals surface area contributed by atoms with Crippen LogP contribution in [0.2, 0.25) is 0 Å². The zero-order valence-electron chi connectivity index (χ0n) is 29.1. The molecule has 6 aliphatic rings. The summed E-state index contributed by atoms with van der Waals surface area (Å²) in [7, 11) is -0.549. The lowest BCUT2D eigenvalue weighted by Gasteiger charge is -2.64. The third-order valence-electron chi connectivity index (χ3n) is 12.0. The lowest BCUT2D eigenvalue weighted by Crippen LogP contribution is -2.65. The van der Waals surface area contributed by atoms with Crippen LogP contribution in [0.4, 0.5) is 0 Å². The molecule has 5 fully saturated rings. The SMILES string of the molecule is CC(C)C[C@H](NC(=O)C1(COC2CCCCC2)CC(CNC(=O)c2nccc3ccccc23)=NO1)B1O[C@@H]2C[C@@H]3C[C@@H](C3(C)C)[C@]2(C)O1. The van der Waals surface area contributed by atoms with Crippen LogP contribution in [0.1, 0.15) is 103 Å². The minimum absolute atomic E-state index is 0.0203. The zero-order valence-corrected chi connectivity index (χ0v) is 29.1. The van der Waals surface area contributed by atoms with Crippen LogP contribution in [0.5, 0.6) is 0 Å². The number of carbonyl (C=O) groups excluding carboxylic acids is 2. The molecule has 2 N–H and O–H groups in total. The number of nitrogens with one attached hydrogen (secondary N) is 2. The summed E-state index contributed by atoms with van der Waals surface area (Å²) in [5, 5.41) is 12.3. The smallest absolute Gasteiger partial charge is 0.404 e. The molecule has 258 valence electrons. The highest BCUT2D eigenvalue weighted by atomic mass is 16.7. The molecule has 4 aliphatic carbocycles. The van der Waals surface area contributed by atoms with Crippen molar-refractivity contribution in [1.82, 2.24) is 15.6 Å². The van der Waals surface area contributed by atoms with Crippen LogP contribution in [0.15, 0.2) is 41.7 Å². The molecule has 2 aliphatic heterocycles. The number of pyridine rings is 1. The highest BCUT2D eigenvalue weighted by molar-refractivity contribution is 6.48. The normalized spacial score (nSPS) is 31.5. The molecule has 2 amide bonds. The Hall–Kier alpha value is -3.02. The van der Waals surface area contributed by atoms with Gasteiger partial charge in [0.25, 0.3) is 11.8 Å². The van der Waals surface area contributed by atoms with E-state index in [4.69, 9.17) is 18.9 Å². The highest BCUT2D eigenvalue weighted by Crippen LogP contribution is 2.65. The summed E-state index contributed by atoms with van der Waals surface area (Å²) >= 11 is 0. The van der Waals surface area contributed by atoms with Crippen molar-refractivity contribution in [2.24, 2.45) is 28.3 Å². The fraction of sp³-hybridized carbons (Fsp3) is 0.676. The average Bonchev–Trinajstić information content (AvgIpc) is 3.67. The summed E-state index contributed by atoms with van der Waals surface area (Å²) in [6.45, 7) is 11.4. The molecule has 1 aromatic carbocycles. The fourth-order valence-corrected chi connectivity index (χ4v) is 9.07. The molecule has 0 radical (unpaired) electrons. The third-order valence-corrected chi connectivity index (χ3v) is 12.0. The largest absolute Gasteiger partial charge is 0.481 e. The number of rotatable bonds is 11. The monoisotopic (exact) mass is 658 g/mol. The van der Waals surface area contributed by atoms with E-state index >= 15 is 0 Å². The van der Waals surface area contributed by atoms with Crippen molar-refractivity contribution in [3.8, 4) is 0 Å². The van der Waals surface area contributed by atoms with E-state index in [9.17, 15) is 9.59 Å². The molecule has 2 bridgehead atoms. The molecule has 48 heavy (non-hydrogen) atoms. The van der Waals surface area contributed by atoms with E-state index in [1.165, 1.54) is 12.8 Å². The Balaban J connectivity index is 1.05. The number of benzene rings is 1. The second-order valence-electron chi connectivity index (χ2n) is 16.1. The first kappa shape index (κ1) is 33.5. The number of oxime groups is 1. The number of nitrogens with zero attached hydrogens (tertiary/aromatic N) is 2. The van der Waals surface area contributed by atoms with E-state index in [0.29, 0.717) is 35.6 Å². The maximum absolute atomic E-state index is 14.4. The summed E-state index contributed by atoms with van der Waals surface area (Å²) in [6, 6.07) is 9.54. The van der Waals surface area contributed by atoms with Crippen LogP contribution < -0.4 is 10.6 Å². The first-order valence-electron chi connectivity index (χ1n) is 18.1. The van der Waals surface area contributed by atoms with E-state index < -0.39 is 12.7 Å². The number of carbonyl (C=O) groups is 2. The maximum Gasteiger partial charge on any atom is 0.481 e. The lowest BCUT2D eigenvalue weighted by atomic mass is 9.43. The third kappa shape index (κ3) is 6.15. The van der Waals surface area contributed by atoms with E-state index in [1.54, 1.807) is 6.20 Å². The molecule has 2 aromatic rings. The molecule has 0 spiro atoms. The van der Waals surface area contributed by atoms with Gasteiger partial charge in [0.05, 0.1) is 42.6 Å². The van der Waals surface area contributed by atoms with Crippen LogP contribution in [0.3, 0.4) is 0 Å². The van der Waals surface area contributed by atoms with E-state index in [-0.39, 0.29) is 60.6 Å². The molecule has 4 saturated carbocycles. The van der Waals surface area contributed by atoms with Crippen LogP contribution in [-0.2, 0) is 23.7 Å². The van der Waals surface area contributed by atoms with Crippen molar-refractivity contribution in [3.63, 3.8) is 0 Å². The summed E-state index contributed by atoms with van der Waals surface area (Å²) in [5.74, 6) is 0.404. The van der Waals surface area contributed by atoms with Gasteiger partial charge in [-0.15, -0.1) is 0 Å². The lowest BCUT2D eigenvalue weighted by molar-refractivity contribution is -0.199. The van der Waals surface area contributed by atoms with E-state index in [0.717, 1.165) is 42.9 Å². The zero-order chi connectivity index (χ0) is 33.7. The molecule has 6 atom stereocenters. The topological polar surface area (TPSA) is 120 Å². The first-order chi connectivity index (χ1) is 23.0. The Kier molecular flexibility index (Phi) is 9.09. The van der Waals surface area contributed by atoms with Gasteiger partial charge in [-0.25, -0.2) is 0 Å². The number of fused-ring (bicyclic) bond motifs is 1. The second-order valence-corrected chi connectivity index (χ2v) is 16.1. The molecular formula is C37H51BN4O6. The fourth-order valence-electron chi connectivity index (χ4n) is 9.07. The van der Waals surface area contributed by atoms with Gasteiger partial charge in [-0.1, -0.05) is 76.4 Å². The molecule has 1 aromatic heterocycles. The van der Waals surface area contributed by atoms with Gasteiger partial charge in [-0.2, -0.15) is 0 Å². The van der Waals surface area contributed by atoms with Crippen molar-refractivity contribution < 1.29 is 28.5 Å². The van der Waals surface area contributed by atoms with Crippen LogP contribution >= 0.6 is 0 Å². The molecule has 3 heterocycles. The Labute approximate surface area is 284 Å². The number of ether oxygens (including phenoxy) is 1. The van der Waals surface area contributed by atoms with Crippen LogP contribution in [0.25, 0.3) is 10.8 Å². The first-order valence-corrected chi connectivity index (χ1v) is 18.1. The summed E-state index contributed by atoms with van der Waals surface area (Å²) in [4.78, 5) is 38.0. The minimum atomic E-state index is -1.36. The van der Waals surface area contributed by atoms with Gasteiger partial charge in [0.1, 0.15) is 5.69 Å². The van der Waals surface area contributed by atoms with Crippen molar-refractivity contribution in [2.45, 2.75) is 122 Å². The average molecular weight is 659 g/mol. The summed E-state index contributed by atoms with van der Waals surface area (Å²) in [5.41, 5.74) is -0.586. The van der Waals surface area contributed by atoms with Gasteiger partial charge in [0.2, 0.25) is 5.60 Å². The van der Waals surface area contributed by atoms with Crippen molar-refractivity contribution in [2.75, 3.05) is 13.2 Å². The van der Waals surface area contributed by atoms with E-state index in [2.05, 4.69) is 55.4 Å². The number of hydrogen-bond acceptors (Lipinski definition) is 8. The summed E-state index contributed by atoms with van der Waals surface area (Å²) in [6.07, 6.45) is 10.2. The maximum atomic E-state index is 14.4. The number of aromatic nitrogens is 1. The Bertz CT molecular complexity index is 1560. The quantitative estimate of drug-likeness (QED) is 0.301. The molecule has 11 heteroatoms. The summed E-state index contributed by atoms with van der Waals surface area (Å²) < 4.78 is 19.9. The molecular weight excluding hydrogens is 607 g/mol. The predicted molar refractivity (Wildman–Crippen MR) is 184 cm³/mol. The van der Waals surface area contributed by atoms with Crippen molar-refractivity contribution >= 4 is 35.4 Å². The highest BCUT2D eigenvalue weighted by Gasteiger charge is 2.68. The predicted octanol–water partition coefficient (Wildman–Crippen LogP) is 5.63. The number of amides is 2. The van der Waals surface area contributed by atoms with Gasteiger partial charge in [-0.3, -0.25) is 14.6 Å². The molecule has 10 nitrogen and oxygen atoms in total. The van der Waals surface area contributed by atoms with E-state index in [1.807, 2.05) is 30.3 Å². The Morgan fingerprint density at radius 2 is 1.88 bits per heavy atom. The molecule has 1 saturated heterocycles. The Morgan fingerprint density at radius 1 is 1.08 bits per heavy atom. The molecule has 8 rings (SSSR count).